The smallest absolute Gasteiger partial charge is 0.327 e. The molecule has 2 unspecified atom stereocenters. The van der Waals surface area contributed by atoms with E-state index in [1.165, 1.54) is 22.9 Å². The van der Waals surface area contributed by atoms with Crippen molar-refractivity contribution in [1.82, 2.24) is 9.88 Å². The van der Waals surface area contributed by atoms with Gasteiger partial charge in [0.15, 0.2) is 0 Å². The minimum atomic E-state index is -0.962. The summed E-state index contributed by atoms with van der Waals surface area (Å²) in [5.74, 6) is -0.860. The third kappa shape index (κ3) is 2.98. The molecule has 2 rings (SSSR count). The Morgan fingerprint density at radius 1 is 1.60 bits per heavy atom. The largest absolute Gasteiger partial charge is 0.480 e. The summed E-state index contributed by atoms with van der Waals surface area (Å²) < 4.78 is 0.585. The van der Waals surface area contributed by atoms with Crippen LogP contribution >= 0.6 is 27.7 Å². The van der Waals surface area contributed by atoms with Crippen molar-refractivity contribution in [2.24, 2.45) is 0 Å². The van der Waals surface area contributed by atoms with Gasteiger partial charge in [0.2, 0.25) is 0 Å². The van der Waals surface area contributed by atoms with Gasteiger partial charge in [0.1, 0.15) is 11.7 Å². The summed E-state index contributed by atoms with van der Waals surface area (Å²) in [6.07, 6.45) is 3.22. The molecule has 0 bridgehead atoms. The van der Waals surface area contributed by atoms with Gasteiger partial charge in [-0.15, -0.1) is 11.8 Å². The Labute approximate surface area is 129 Å². The fourth-order valence-corrected chi connectivity index (χ4v) is 4.10. The molecule has 1 saturated heterocycles. The van der Waals surface area contributed by atoms with Gasteiger partial charge in [0.25, 0.3) is 5.91 Å². The number of pyridine rings is 1. The molecule has 0 saturated carbocycles. The lowest BCUT2D eigenvalue weighted by Crippen LogP contribution is -2.46. The van der Waals surface area contributed by atoms with Crippen LogP contribution in [0.4, 0.5) is 0 Å². The fourth-order valence-electron chi connectivity index (χ4n) is 2.16. The molecule has 1 aromatic heterocycles. The highest BCUT2D eigenvalue weighted by atomic mass is 79.9. The molecule has 7 heteroatoms. The Balaban J connectivity index is 2.32. The molecule has 1 fully saturated rings. The number of thioether (sulfide) groups is 1. The van der Waals surface area contributed by atoms with Crippen molar-refractivity contribution in [1.29, 1.82) is 0 Å². The summed E-state index contributed by atoms with van der Waals surface area (Å²) in [6.45, 7) is 2.02. The number of amides is 1. The van der Waals surface area contributed by atoms with E-state index in [1.807, 2.05) is 6.92 Å². The minimum Gasteiger partial charge on any atom is -0.480 e. The number of aliphatic carboxylic acids is 1. The van der Waals surface area contributed by atoms with E-state index in [0.29, 0.717) is 10.2 Å². The van der Waals surface area contributed by atoms with Crippen molar-refractivity contribution in [2.75, 3.05) is 5.75 Å². The molecule has 5 nitrogen and oxygen atoms in total. The number of hydrogen-bond donors (Lipinski definition) is 1. The van der Waals surface area contributed by atoms with Gasteiger partial charge >= 0.3 is 5.97 Å². The average Bonchev–Trinajstić information content (AvgIpc) is 2.83. The maximum atomic E-state index is 12.6. The van der Waals surface area contributed by atoms with Crippen LogP contribution in [0.5, 0.6) is 0 Å². The highest BCUT2D eigenvalue weighted by Gasteiger charge is 2.42. The van der Waals surface area contributed by atoms with Crippen LogP contribution in [-0.4, -0.2) is 44.0 Å². The van der Waals surface area contributed by atoms with E-state index in [4.69, 9.17) is 0 Å². The van der Waals surface area contributed by atoms with Crippen molar-refractivity contribution >= 4 is 39.6 Å². The number of carbonyl (C=O) groups excluding carboxylic acids is 1. The summed E-state index contributed by atoms with van der Waals surface area (Å²) in [4.78, 5) is 29.5. The quantitative estimate of drug-likeness (QED) is 0.895. The Morgan fingerprint density at radius 3 is 2.95 bits per heavy atom. The maximum absolute atomic E-state index is 12.6. The van der Waals surface area contributed by atoms with Gasteiger partial charge in [0.05, 0.1) is 5.37 Å². The maximum Gasteiger partial charge on any atom is 0.327 e. The average molecular weight is 359 g/mol. The Kier molecular flexibility index (Phi) is 5.04. The molecule has 20 heavy (non-hydrogen) atoms. The summed E-state index contributed by atoms with van der Waals surface area (Å²) in [7, 11) is 0. The van der Waals surface area contributed by atoms with Gasteiger partial charge in [-0.1, -0.05) is 13.3 Å². The zero-order valence-electron chi connectivity index (χ0n) is 11.0. The van der Waals surface area contributed by atoms with E-state index in [0.717, 1.165) is 12.8 Å². The Morgan fingerprint density at radius 2 is 2.35 bits per heavy atom. The Bertz CT molecular complexity index is 526. The molecule has 0 spiro atoms. The highest BCUT2D eigenvalue weighted by molar-refractivity contribution is 9.10. The first-order valence-corrected chi connectivity index (χ1v) is 8.18. The number of rotatable bonds is 4. The summed E-state index contributed by atoms with van der Waals surface area (Å²) in [6, 6.07) is 2.67. The lowest BCUT2D eigenvalue weighted by molar-refractivity contribution is -0.141. The first-order chi connectivity index (χ1) is 9.56. The zero-order chi connectivity index (χ0) is 14.7. The van der Waals surface area contributed by atoms with Crippen molar-refractivity contribution in [3.63, 3.8) is 0 Å². The van der Waals surface area contributed by atoms with Crippen LogP contribution < -0.4 is 0 Å². The van der Waals surface area contributed by atoms with Crippen LogP contribution in [0.2, 0.25) is 0 Å². The molecular formula is C13H15BrN2O3S. The van der Waals surface area contributed by atoms with E-state index in [1.54, 1.807) is 12.1 Å². The first kappa shape index (κ1) is 15.3. The summed E-state index contributed by atoms with van der Waals surface area (Å²) in [5.41, 5.74) is 0.266. The molecule has 108 valence electrons. The van der Waals surface area contributed by atoms with Gasteiger partial charge in [-0.3, -0.25) is 4.79 Å². The standard InChI is InChI=1S/C13H15BrN2O3S/c1-2-4-10-16(9(7-20-10)13(18)19)12(17)11-8(14)5-3-6-15-11/h3,5-6,9-10H,2,4,7H2,1H3,(H,18,19). The second-order valence-corrected chi connectivity index (χ2v) is 6.54. The van der Waals surface area contributed by atoms with Gasteiger partial charge < -0.3 is 10.0 Å². The van der Waals surface area contributed by atoms with Crippen LogP contribution in [0.1, 0.15) is 30.3 Å². The summed E-state index contributed by atoms with van der Waals surface area (Å²) >= 11 is 4.82. The predicted molar refractivity (Wildman–Crippen MR) is 80.7 cm³/mol. The number of carboxylic acids is 1. The van der Waals surface area contributed by atoms with Gasteiger partial charge in [-0.2, -0.15) is 0 Å². The van der Waals surface area contributed by atoms with E-state index in [-0.39, 0.29) is 17.0 Å². The lowest BCUT2D eigenvalue weighted by atomic mass is 10.2. The van der Waals surface area contributed by atoms with Crippen LogP contribution in [0, 0.1) is 0 Å². The number of halogens is 1. The molecule has 1 aromatic rings. The summed E-state index contributed by atoms with van der Waals surface area (Å²) in [5, 5.41) is 9.20. The van der Waals surface area contributed by atoms with Crippen LogP contribution in [-0.2, 0) is 4.79 Å². The normalized spacial score (nSPS) is 22.0. The number of carbonyl (C=O) groups is 2. The monoisotopic (exact) mass is 358 g/mol. The Hall–Kier alpha value is -1.08. The van der Waals surface area contributed by atoms with Crippen molar-refractivity contribution < 1.29 is 14.7 Å². The second kappa shape index (κ2) is 6.58. The molecule has 2 atom stereocenters. The molecular weight excluding hydrogens is 344 g/mol. The van der Waals surface area contributed by atoms with Gasteiger partial charge in [-0.25, -0.2) is 9.78 Å². The molecule has 0 aromatic carbocycles. The molecule has 1 aliphatic rings. The number of aromatic nitrogens is 1. The van der Waals surface area contributed by atoms with Crippen molar-refractivity contribution in [3.8, 4) is 0 Å². The minimum absolute atomic E-state index is 0.0949. The SMILES string of the molecule is CCCC1SCC(C(=O)O)N1C(=O)c1ncccc1Br. The number of nitrogens with zero attached hydrogens (tertiary/aromatic N) is 2. The van der Waals surface area contributed by atoms with Crippen LogP contribution in [0.3, 0.4) is 0 Å². The van der Waals surface area contributed by atoms with E-state index in [9.17, 15) is 14.7 Å². The predicted octanol–water partition coefficient (Wildman–Crippen LogP) is 2.61. The highest BCUT2D eigenvalue weighted by Crippen LogP contribution is 2.34. The molecule has 1 N–H and O–H groups in total. The third-order valence-corrected chi connectivity index (χ3v) is 5.10. The number of carboxylic acid groups (broad SMARTS) is 1. The molecule has 0 radical (unpaired) electrons. The van der Waals surface area contributed by atoms with Gasteiger partial charge in [0, 0.05) is 16.4 Å². The van der Waals surface area contributed by atoms with Gasteiger partial charge in [-0.05, 0) is 34.5 Å². The molecule has 0 aliphatic carbocycles. The fraction of sp³-hybridized carbons (Fsp3) is 0.462. The zero-order valence-corrected chi connectivity index (χ0v) is 13.4. The topological polar surface area (TPSA) is 70.5 Å². The van der Waals surface area contributed by atoms with Crippen LogP contribution in [0.25, 0.3) is 0 Å². The molecule has 1 amide bonds. The second-order valence-electron chi connectivity index (χ2n) is 4.48. The number of hydrogen-bond acceptors (Lipinski definition) is 4. The third-order valence-electron chi connectivity index (χ3n) is 3.11. The van der Waals surface area contributed by atoms with Crippen molar-refractivity contribution in [3.05, 3.63) is 28.5 Å². The van der Waals surface area contributed by atoms with E-state index in [2.05, 4.69) is 20.9 Å². The van der Waals surface area contributed by atoms with Crippen molar-refractivity contribution in [2.45, 2.75) is 31.2 Å². The molecule has 2 heterocycles. The molecule has 1 aliphatic heterocycles. The first-order valence-electron chi connectivity index (χ1n) is 6.33. The van der Waals surface area contributed by atoms with E-state index >= 15 is 0 Å². The van der Waals surface area contributed by atoms with E-state index < -0.39 is 12.0 Å². The lowest BCUT2D eigenvalue weighted by Gasteiger charge is -2.27. The van der Waals surface area contributed by atoms with Crippen LogP contribution in [0.15, 0.2) is 22.8 Å².